The van der Waals surface area contributed by atoms with Gasteiger partial charge in [-0.2, -0.15) is 10.2 Å². The Morgan fingerprint density at radius 3 is 2.67 bits per heavy atom. The number of benzene rings is 2. The van der Waals surface area contributed by atoms with Crippen molar-refractivity contribution in [3.05, 3.63) is 76.1 Å². The predicted molar refractivity (Wildman–Crippen MR) is 120 cm³/mol. The molecular weight excluding hydrogens is 400 g/mol. The Balaban J connectivity index is 1.63. The summed E-state index contributed by atoms with van der Waals surface area (Å²) in [5, 5.41) is 8.89. The first-order chi connectivity index (χ1) is 14.4. The number of amides is 1. The number of halogens is 1. The molecule has 3 aromatic rings. The van der Waals surface area contributed by atoms with E-state index < -0.39 is 0 Å². The number of ether oxygens (including phenoxy) is 1. The third-order valence-corrected chi connectivity index (χ3v) is 4.95. The molecule has 0 radical (unpaired) electrons. The number of para-hydroxylation sites is 1. The van der Waals surface area contributed by atoms with E-state index in [-0.39, 0.29) is 12.5 Å². The summed E-state index contributed by atoms with van der Waals surface area (Å²) in [6.45, 7) is 7.87. The standard InChI is InChI=1S/C23H25ClN4O2/c1-15(2)19-11-10-16(3)12-21(19)30-14-22(29)26-25-13-20-17(4)27-28(23(20)24)18-8-6-5-7-9-18/h5-13,15H,14H2,1-4H3,(H,26,29)/b25-13+. The zero-order valence-electron chi connectivity index (χ0n) is 17.5. The predicted octanol–water partition coefficient (Wildman–Crippen LogP) is 4.80. The van der Waals surface area contributed by atoms with Crippen molar-refractivity contribution in [2.75, 3.05) is 6.61 Å². The van der Waals surface area contributed by atoms with Gasteiger partial charge in [-0.1, -0.05) is 55.8 Å². The molecule has 0 bridgehead atoms. The molecule has 0 saturated carbocycles. The van der Waals surface area contributed by atoms with Crippen molar-refractivity contribution in [2.45, 2.75) is 33.6 Å². The molecule has 30 heavy (non-hydrogen) atoms. The highest BCUT2D eigenvalue weighted by Gasteiger charge is 2.13. The summed E-state index contributed by atoms with van der Waals surface area (Å²) in [6.07, 6.45) is 1.49. The first kappa shape index (κ1) is 21.6. The lowest BCUT2D eigenvalue weighted by Crippen LogP contribution is -2.25. The molecule has 2 aromatic carbocycles. The number of carbonyl (C=O) groups is 1. The fourth-order valence-electron chi connectivity index (χ4n) is 2.99. The zero-order valence-corrected chi connectivity index (χ0v) is 18.3. The van der Waals surface area contributed by atoms with E-state index in [9.17, 15) is 4.79 Å². The highest BCUT2D eigenvalue weighted by Crippen LogP contribution is 2.27. The lowest BCUT2D eigenvalue weighted by Gasteiger charge is -2.14. The maximum absolute atomic E-state index is 12.2. The van der Waals surface area contributed by atoms with E-state index in [4.69, 9.17) is 16.3 Å². The highest BCUT2D eigenvalue weighted by atomic mass is 35.5. The van der Waals surface area contributed by atoms with Gasteiger partial charge in [-0.05, 0) is 49.1 Å². The Morgan fingerprint density at radius 2 is 1.97 bits per heavy atom. The van der Waals surface area contributed by atoms with Gasteiger partial charge in [-0.3, -0.25) is 4.79 Å². The molecule has 6 nitrogen and oxygen atoms in total. The molecule has 1 amide bonds. The van der Waals surface area contributed by atoms with Crippen molar-refractivity contribution >= 4 is 23.7 Å². The molecule has 0 aliphatic carbocycles. The highest BCUT2D eigenvalue weighted by molar-refractivity contribution is 6.32. The van der Waals surface area contributed by atoms with Gasteiger partial charge < -0.3 is 4.74 Å². The van der Waals surface area contributed by atoms with Crippen molar-refractivity contribution < 1.29 is 9.53 Å². The summed E-state index contributed by atoms with van der Waals surface area (Å²) < 4.78 is 7.36. The monoisotopic (exact) mass is 424 g/mol. The molecule has 1 heterocycles. The second-order valence-corrected chi connectivity index (χ2v) is 7.67. The van der Waals surface area contributed by atoms with E-state index in [0.717, 1.165) is 16.8 Å². The molecule has 0 saturated heterocycles. The third kappa shape index (κ3) is 5.07. The van der Waals surface area contributed by atoms with Crippen molar-refractivity contribution in [1.82, 2.24) is 15.2 Å². The number of nitrogens with one attached hydrogen (secondary N) is 1. The molecule has 0 unspecified atom stereocenters. The molecule has 156 valence electrons. The fourth-order valence-corrected chi connectivity index (χ4v) is 3.31. The number of nitrogens with zero attached hydrogens (tertiary/aromatic N) is 3. The molecule has 0 fully saturated rings. The molecule has 1 aromatic heterocycles. The van der Waals surface area contributed by atoms with Gasteiger partial charge in [-0.25, -0.2) is 10.1 Å². The minimum Gasteiger partial charge on any atom is -0.483 e. The fraction of sp³-hybridized carbons (Fsp3) is 0.261. The van der Waals surface area contributed by atoms with Crippen LogP contribution in [0.1, 0.15) is 42.1 Å². The largest absolute Gasteiger partial charge is 0.483 e. The maximum Gasteiger partial charge on any atom is 0.277 e. The van der Waals surface area contributed by atoms with Gasteiger partial charge in [0.2, 0.25) is 0 Å². The average molecular weight is 425 g/mol. The number of carbonyl (C=O) groups excluding carboxylic acids is 1. The summed E-state index contributed by atoms with van der Waals surface area (Å²) in [5.74, 6) is 0.659. The summed E-state index contributed by atoms with van der Waals surface area (Å²) in [5.41, 5.74) is 6.82. The Labute approximate surface area is 181 Å². The van der Waals surface area contributed by atoms with Crippen LogP contribution in [0.4, 0.5) is 0 Å². The molecular formula is C23H25ClN4O2. The Morgan fingerprint density at radius 1 is 1.23 bits per heavy atom. The van der Waals surface area contributed by atoms with Gasteiger partial charge in [0.1, 0.15) is 10.9 Å². The number of aromatic nitrogens is 2. The minimum absolute atomic E-state index is 0.128. The number of rotatable bonds is 7. The molecule has 3 rings (SSSR count). The maximum atomic E-state index is 12.2. The van der Waals surface area contributed by atoms with E-state index >= 15 is 0 Å². The second kappa shape index (κ2) is 9.59. The van der Waals surface area contributed by atoms with E-state index in [0.29, 0.717) is 28.1 Å². The molecule has 7 heteroatoms. The van der Waals surface area contributed by atoms with E-state index in [1.807, 2.05) is 62.4 Å². The van der Waals surface area contributed by atoms with Crippen LogP contribution in [0, 0.1) is 13.8 Å². The molecule has 0 spiro atoms. The van der Waals surface area contributed by atoms with E-state index in [2.05, 4.69) is 29.5 Å². The van der Waals surface area contributed by atoms with Crippen LogP contribution in [0.3, 0.4) is 0 Å². The summed E-state index contributed by atoms with van der Waals surface area (Å²) >= 11 is 6.45. The first-order valence-electron chi connectivity index (χ1n) is 9.72. The van der Waals surface area contributed by atoms with Gasteiger partial charge in [0.05, 0.1) is 23.2 Å². The van der Waals surface area contributed by atoms with Crippen molar-refractivity contribution in [3.63, 3.8) is 0 Å². The summed E-state index contributed by atoms with van der Waals surface area (Å²) in [7, 11) is 0. The second-order valence-electron chi connectivity index (χ2n) is 7.32. The van der Waals surface area contributed by atoms with Crippen molar-refractivity contribution in [2.24, 2.45) is 5.10 Å². The topological polar surface area (TPSA) is 68.5 Å². The van der Waals surface area contributed by atoms with Gasteiger partial charge >= 0.3 is 0 Å². The summed E-state index contributed by atoms with van der Waals surface area (Å²) in [6, 6.07) is 15.6. The zero-order chi connectivity index (χ0) is 21.7. The molecule has 1 N–H and O–H groups in total. The van der Waals surface area contributed by atoms with E-state index in [1.54, 1.807) is 4.68 Å². The minimum atomic E-state index is -0.355. The molecule has 0 atom stereocenters. The van der Waals surface area contributed by atoms with Gasteiger partial charge in [0, 0.05) is 0 Å². The number of aryl methyl sites for hydroxylation is 2. The summed E-state index contributed by atoms with van der Waals surface area (Å²) in [4.78, 5) is 12.2. The lowest BCUT2D eigenvalue weighted by molar-refractivity contribution is -0.123. The lowest BCUT2D eigenvalue weighted by atomic mass is 10.0. The van der Waals surface area contributed by atoms with Gasteiger partial charge in [-0.15, -0.1) is 0 Å². The van der Waals surface area contributed by atoms with Crippen LogP contribution in [-0.2, 0) is 4.79 Å². The quantitative estimate of drug-likeness (QED) is 0.437. The Kier molecular flexibility index (Phi) is 6.90. The van der Waals surface area contributed by atoms with E-state index in [1.165, 1.54) is 6.21 Å². The Hall–Kier alpha value is -3.12. The van der Waals surface area contributed by atoms with Crippen LogP contribution in [0.15, 0.2) is 53.6 Å². The molecule has 0 aliphatic heterocycles. The number of hydrazone groups is 1. The first-order valence-corrected chi connectivity index (χ1v) is 10.1. The average Bonchev–Trinajstić information content (AvgIpc) is 3.01. The van der Waals surface area contributed by atoms with Crippen LogP contribution in [0.5, 0.6) is 5.75 Å². The third-order valence-electron chi connectivity index (χ3n) is 4.58. The van der Waals surface area contributed by atoms with Crippen LogP contribution >= 0.6 is 11.6 Å². The number of hydrogen-bond acceptors (Lipinski definition) is 4. The van der Waals surface area contributed by atoms with Crippen LogP contribution in [-0.4, -0.2) is 28.5 Å². The number of hydrogen-bond donors (Lipinski definition) is 1. The van der Waals surface area contributed by atoms with Crippen LogP contribution < -0.4 is 10.2 Å². The van der Waals surface area contributed by atoms with Gasteiger partial charge in [0.15, 0.2) is 6.61 Å². The van der Waals surface area contributed by atoms with Gasteiger partial charge in [0.25, 0.3) is 5.91 Å². The van der Waals surface area contributed by atoms with Crippen molar-refractivity contribution in [3.8, 4) is 11.4 Å². The van der Waals surface area contributed by atoms with Crippen LogP contribution in [0.25, 0.3) is 5.69 Å². The van der Waals surface area contributed by atoms with Crippen molar-refractivity contribution in [1.29, 1.82) is 0 Å². The smallest absolute Gasteiger partial charge is 0.277 e. The normalized spacial score (nSPS) is 11.3. The molecule has 0 aliphatic rings. The SMILES string of the molecule is Cc1ccc(C(C)C)c(OCC(=O)N/N=C/c2c(C)nn(-c3ccccc3)c2Cl)c1. The Bertz CT molecular complexity index is 1060. The van der Waals surface area contributed by atoms with Crippen LogP contribution in [0.2, 0.25) is 5.15 Å².